The predicted molar refractivity (Wildman–Crippen MR) is 64.6 cm³/mol. The summed E-state index contributed by atoms with van der Waals surface area (Å²) >= 11 is 0. The van der Waals surface area contributed by atoms with E-state index in [0.717, 1.165) is 11.1 Å². The zero-order valence-corrected chi connectivity index (χ0v) is 10.3. The molecule has 0 fully saturated rings. The molecule has 1 unspecified atom stereocenters. The monoisotopic (exact) mass is 221 g/mol. The third-order valence-electron chi connectivity index (χ3n) is 2.87. The van der Waals surface area contributed by atoms with Gasteiger partial charge in [-0.1, -0.05) is 6.92 Å². The van der Waals surface area contributed by atoms with Crippen LogP contribution in [-0.4, -0.2) is 12.0 Å². The normalized spacial score (nSPS) is 12.2. The number of ether oxygens (including phenoxy) is 1. The Kier molecular flexibility index (Phi) is 3.93. The first-order valence-electron chi connectivity index (χ1n) is 5.49. The van der Waals surface area contributed by atoms with E-state index >= 15 is 0 Å². The lowest BCUT2D eigenvalue weighted by Gasteiger charge is -2.16. The van der Waals surface area contributed by atoms with Crippen molar-refractivity contribution in [2.45, 2.75) is 40.2 Å². The second kappa shape index (κ2) is 5.01. The minimum atomic E-state index is -0.540. The van der Waals surface area contributed by atoms with Crippen molar-refractivity contribution in [2.24, 2.45) is 5.73 Å². The molecule has 2 N–H and O–H groups in total. The van der Waals surface area contributed by atoms with Crippen molar-refractivity contribution >= 4 is 5.91 Å². The van der Waals surface area contributed by atoms with Gasteiger partial charge in [0.25, 0.3) is 5.91 Å². The van der Waals surface area contributed by atoms with Crippen molar-refractivity contribution in [1.29, 1.82) is 0 Å². The standard InChI is InChI=1S/C13H19NO2/c1-5-12(13(14)15)16-11-6-8(2)10(4)9(3)7-11/h6-7,12H,5H2,1-4H3,(H2,14,15). The first-order valence-corrected chi connectivity index (χ1v) is 5.49. The van der Waals surface area contributed by atoms with E-state index in [1.165, 1.54) is 5.56 Å². The molecule has 0 heterocycles. The molecule has 1 amide bonds. The number of carbonyl (C=O) groups is 1. The van der Waals surface area contributed by atoms with Crippen molar-refractivity contribution < 1.29 is 9.53 Å². The summed E-state index contributed by atoms with van der Waals surface area (Å²) < 4.78 is 5.57. The van der Waals surface area contributed by atoms with Gasteiger partial charge in [0.1, 0.15) is 5.75 Å². The maximum absolute atomic E-state index is 11.1. The van der Waals surface area contributed by atoms with Crippen molar-refractivity contribution in [3.05, 3.63) is 28.8 Å². The Hall–Kier alpha value is -1.51. The molecule has 0 aliphatic rings. The molecule has 3 nitrogen and oxygen atoms in total. The summed E-state index contributed by atoms with van der Waals surface area (Å²) in [5.74, 6) is 0.296. The Morgan fingerprint density at radius 2 is 1.81 bits per heavy atom. The number of aryl methyl sites for hydroxylation is 2. The molecule has 16 heavy (non-hydrogen) atoms. The highest BCUT2D eigenvalue weighted by Crippen LogP contribution is 2.22. The highest BCUT2D eigenvalue weighted by molar-refractivity contribution is 5.79. The number of hydrogen-bond donors (Lipinski definition) is 1. The lowest BCUT2D eigenvalue weighted by molar-refractivity contribution is -0.124. The maximum atomic E-state index is 11.1. The lowest BCUT2D eigenvalue weighted by atomic mass is 10.0. The Morgan fingerprint density at radius 3 is 2.19 bits per heavy atom. The van der Waals surface area contributed by atoms with Gasteiger partial charge in [-0.05, 0) is 56.0 Å². The molecule has 0 aliphatic carbocycles. The third kappa shape index (κ3) is 2.75. The van der Waals surface area contributed by atoms with Gasteiger partial charge in [-0.2, -0.15) is 0 Å². The van der Waals surface area contributed by atoms with E-state index in [1.54, 1.807) is 0 Å². The van der Waals surface area contributed by atoms with E-state index in [2.05, 4.69) is 6.92 Å². The largest absolute Gasteiger partial charge is 0.481 e. The quantitative estimate of drug-likeness (QED) is 0.847. The third-order valence-corrected chi connectivity index (χ3v) is 2.87. The van der Waals surface area contributed by atoms with Crippen LogP contribution in [0.5, 0.6) is 5.75 Å². The van der Waals surface area contributed by atoms with Crippen molar-refractivity contribution in [2.75, 3.05) is 0 Å². The van der Waals surface area contributed by atoms with Gasteiger partial charge < -0.3 is 10.5 Å². The topological polar surface area (TPSA) is 52.3 Å². The number of amides is 1. The molecular weight excluding hydrogens is 202 g/mol. The zero-order chi connectivity index (χ0) is 12.3. The molecule has 88 valence electrons. The molecule has 0 saturated heterocycles. The second-order valence-electron chi connectivity index (χ2n) is 4.10. The average Bonchev–Trinajstić information content (AvgIpc) is 2.21. The second-order valence-corrected chi connectivity index (χ2v) is 4.10. The molecule has 0 saturated carbocycles. The summed E-state index contributed by atoms with van der Waals surface area (Å²) in [5, 5.41) is 0. The smallest absolute Gasteiger partial charge is 0.258 e. The summed E-state index contributed by atoms with van der Waals surface area (Å²) in [4.78, 5) is 11.1. The molecular formula is C13H19NO2. The molecule has 1 aromatic rings. The summed E-state index contributed by atoms with van der Waals surface area (Å²) in [6.07, 6.45) is 0.0444. The van der Waals surface area contributed by atoms with E-state index in [9.17, 15) is 4.79 Å². The van der Waals surface area contributed by atoms with Crippen molar-refractivity contribution in [3.63, 3.8) is 0 Å². The molecule has 1 rings (SSSR count). The van der Waals surface area contributed by atoms with Crippen molar-refractivity contribution in [3.8, 4) is 5.75 Å². The predicted octanol–water partition coefficient (Wildman–Crippen LogP) is 2.25. The Balaban J connectivity index is 2.93. The van der Waals surface area contributed by atoms with Crippen LogP contribution in [0.15, 0.2) is 12.1 Å². The van der Waals surface area contributed by atoms with Crippen LogP contribution in [0.25, 0.3) is 0 Å². The van der Waals surface area contributed by atoms with E-state index in [0.29, 0.717) is 12.2 Å². The average molecular weight is 221 g/mol. The SMILES string of the molecule is CCC(Oc1cc(C)c(C)c(C)c1)C(N)=O. The number of hydrogen-bond acceptors (Lipinski definition) is 2. The summed E-state index contributed by atoms with van der Waals surface area (Å²) in [6.45, 7) is 8.00. The van der Waals surface area contributed by atoms with E-state index in [4.69, 9.17) is 10.5 Å². The summed E-state index contributed by atoms with van der Waals surface area (Å²) in [5.41, 5.74) is 8.81. The van der Waals surface area contributed by atoms with Crippen LogP contribution in [0.4, 0.5) is 0 Å². The van der Waals surface area contributed by atoms with Gasteiger partial charge in [0.05, 0.1) is 0 Å². The fourth-order valence-electron chi connectivity index (χ4n) is 1.57. The molecule has 0 bridgehead atoms. The van der Waals surface area contributed by atoms with Crippen LogP contribution in [0.1, 0.15) is 30.0 Å². The summed E-state index contributed by atoms with van der Waals surface area (Å²) in [6, 6.07) is 3.88. The molecule has 1 aromatic carbocycles. The number of nitrogens with two attached hydrogens (primary N) is 1. The van der Waals surface area contributed by atoms with Crippen LogP contribution < -0.4 is 10.5 Å². The number of carbonyl (C=O) groups excluding carboxylic acids is 1. The first-order chi connectivity index (χ1) is 7.45. The molecule has 0 aliphatic heterocycles. The minimum Gasteiger partial charge on any atom is -0.481 e. The number of benzene rings is 1. The van der Waals surface area contributed by atoms with Gasteiger partial charge in [-0.15, -0.1) is 0 Å². The van der Waals surface area contributed by atoms with Gasteiger partial charge in [0, 0.05) is 0 Å². The highest BCUT2D eigenvalue weighted by atomic mass is 16.5. The zero-order valence-electron chi connectivity index (χ0n) is 10.3. The molecule has 0 aromatic heterocycles. The molecule has 0 spiro atoms. The van der Waals surface area contributed by atoms with Gasteiger partial charge in [0.15, 0.2) is 6.10 Å². The van der Waals surface area contributed by atoms with Gasteiger partial charge in [0.2, 0.25) is 0 Å². The molecule has 0 radical (unpaired) electrons. The van der Waals surface area contributed by atoms with E-state index in [-0.39, 0.29) is 0 Å². The van der Waals surface area contributed by atoms with E-state index < -0.39 is 12.0 Å². The van der Waals surface area contributed by atoms with Crippen LogP contribution in [0.3, 0.4) is 0 Å². The van der Waals surface area contributed by atoms with Crippen molar-refractivity contribution in [1.82, 2.24) is 0 Å². The summed E-state index contributed by atoms with van der Waals surface area (Å²) in [7, 11) is 0. The van der Waals surface area contributed by atoms with Gasteiger partial charge >= 0.3 is 0 Å². The van der Waals surface area contributed by atoms with Gasteiger partial charge in [-0.25, -0.2) is 0 Å². The number of rotatable bonds is 4. The van der Waals surface area contributed by atoms with E-state index in [1.807, 2.05) is 32.9 Å². The Morgan fingerprint density at radius 1 is 1.31 bits per heavy atom. The van der Waals surface area contributed by atoms with Crippen LogP contribution in [0.2, 0.25) is 0 Å². The minimum absolute atomic E-state index is 0.418. The van der Waals surface area contributed by atoms with Crippen LogP contribution in [0, 0.1) is 20.8 Å². The fourth-order valence-corrected chi connectivity index (χ4v) is 1.57. The fraction of sp³-hybridized carbons (Fsp3) is 0.462. The molecule has 3 heteroatoms. The first kappa shape index (κ1) is 12.6. The molecule has 1 atom stereocenters. The van der Waals surface area contributed by atoms with Crippen LogP contribution in [-0.2, 0) is 4.79 Å². The highest BCUT2D eigenvalue weighted by Gasteiger charge is 2.15. The number of primary amides is 1. The maximum Gasteiger partial charge on any atom is 0.258 e. The Bertz CT molecular complexity index is 376. The Labute approximate surface area is 96.6 Å². The van der Waals surface area contributed by atoms with Crippen LogP contribution >= 0.6 is 0 Å². The van der Waals surface area contributed by atoms with Gasteiger partial charge in [-0.3, -0.25) is 4.79 Å². The lowest BCUT2D eigenvalue weighted by Crippen LogP contribution is -2.33.